The maximum Gasteiger partial charge on any atom is 0.195 e. The molecule has 0 atom stereocenters. The molecule has 0 aliphatic heterocycles. The van der Waals surface area contributed by atoms with E-state index in [4.69, 9.17) is 12.2 Å². The standard InChI is InChI=1S/C12H10N6S/c19-12-17-16-11(9-3-6-13-7-4-9)18(12)8-10-2-1-5-14-15-10/h1-7H,8H2,(H,17,19). The van der Waals surface area contributed by atoms with Gasteiger partial charge in [-0.3, -0.25) is 14.6 Å². The number of aromatic nitrogens is 6. The van der Waals surface area contributed by atoms with E-state index in [0.717, 1.165) is 17.1 Å². The van der Waals surface area contributed by atoms with Gasteiger partial charge in [0.05, 0.1) is 12.2 Å². The molecule has 94 valence electrons. The molecular weight excluding hydrogens is 260 g/mol. The highest BCUT2D eigenvalue weighted by Crippen LogP contribution is 2.16. The first kappa shape index (κ1) is 11.7. The Morgan fingerprint density at radius 3 is 2.74 bits per heavy atom. The highest BCUT2D eigenvalue weighted by atomic mass is 32.1. The zero-order chi connectivity index (χ0) is 13.1. The number of hydrogen-bond donors (Lipinski definition) is 1. The zero-order valence-corrected chi connectivity index (χ0v) is 10.7. The highest BCUT2D eigenvalue weighted by Gasteiger charge is 2.09. The number of H-pyrrole nitrogens is 1. The van der Waals surface area contributed by atoms with Gasteiger partial charge in [-0.15, -0.1) is 0 Å². The lowest BCUT2D eigenvalue weighted by Gasteiger charge is -2.05. The third-order valence-corrected chi connectivity index (χ3v) is 2.96. The van der Waals surface area contributed by atoms with Crippen molar-refractivity contribution in [2.75, 3.05) is 0 Å². The minimum absolute atomic E-state index is 0.529. The lowest BCUT2D eigenvalue weighted by Crippen LogP contribution is -2.04. The van der Waals surface area contributed by atoms with Crippen LogP contribution in [-0.4, -0.2) is 29.9 Å². The van der Waals surface area contributed by atoms with Crippen molar-refractivity contribution < 1.29 is 0 Å². The molecule has 7 heteroatoms. The van der Waals surface area contributed by atoms with Gasteiger partial charge in [0.2, 0.25) is 0 Å². The van der Waals surface area contributed by atoms with Gasteiger partial charge in [-0.2, -0.15) is 15.3 Å². The van der Waals surface area contributed by atoms with Crippen LogP contribution in [0, 0.1) is 4.77 Å². The molecule has 0 spiro atoms. The van der Waals surface area contributed by atoms with Gasteiger partial charge < -0.3 is 0 Å². The maximum absolute atomic E-state index is 5.25. The van der Waals surface area contributed by atoms with E-state index in [1.807, 2.05) is 28.8 Å². The average molecular weight is 270 g/mol. The summed E-state index contributed by atoms with van der Waals surface area (Å²) in [6, 6.07) is 7.52. The molecule has 0 aliphatic rings. The fourth-order valence-electron chi connectivity index (χ4n) is 1.77. The molecule has 1 N–H and O–H groups in total. The van der Waals surface area contributed by atoms with Crippen LogP contribution in [0.5, 0.6) is 0 Å². The molecule has 3 aromatic rings. The van der Waals surface area contributed by atoms with Gasteiger partial charge in [0.25, 0.3) is 0 Å². The smallest absolute Gasteiger partial charge is 0.195 e. The van der Waals surface area contributed by atoms with E-state index in [9.17, 15) is 0 Å². The first-order valence-corrected chi connectivity index (χ1v) is 6.07. The normalized spacial score (nSPS) is 10.5. The first-order valence-electron chi connectivity index (χ1n) is 5.67. The third-order valence-electron chi connectivity index (χ3n) is 2.64. The summed E-state index contributed by atoms with van der Waals surface area (Å²) in [6.07, 6.45) is 5.08. The van der Waals surface area contributed by atoms with Crippen molar-refractivity contribution >= 4 is 12.2 Å². The SMILES string of the molecule is S=c1[nH]nc(-c2ccncc2)n1Cc1cccnn1. The van der Waals surface area contributed by atoms with E-state index in [-0.39, 0.29) is 0 Å². The molecule has 0 radical (unpaired) electrons. The molecule has 0 amide bonds. The fourth-order valence-corrected chi connectivity index (χ4v) is 1.96. The molecule has 19 heavy (non-hydrogen) atoms. The molecule has 0 fully saturated rings. The second-order valence-corrected chi connectivity index (χ2v) is 4.28. The highest BCUT2D eigenvalue weighted by molar-refractivity contribution is 7.71. The van der Waals surface area contributed by atoms with Crippen LogP contribution < -0.4 is 0 Å². The Balaban J connectivity index is 2.03. The second kappa shape index (κ2) is 5.07. The molecule has 0 unspecified atom stereocenters. The zero-order valence-electron chi connectivity index (χ0n) is 9.89. The van der Waals surface area contributed by atoms with E-state index < -0.39 is 0 Å². The van der Waals surface area contributed by atoms with E-state index in [0.29, 0.717) is 11.3 Å². The summed E-state index contributed by atoms with van der Waals surface area (Å²) < 4.78 is 2.44. The molecule has 6 nitrogen and oxygen atoms in total. The van der Waals surface area contributed by atoms with Crippen LogP contribution in [0.2, 0.25) is 0 Å². The number of nitrogens with zero attached hydrogens (tertiary/aromatic N) is 5. The molecule has 0 saturated carbocycles. The topological polar surface area (TPSA) is 72.3 Å². The lowest BCUT2D eigenvalue weighted by atomic mass is 10.2. The van der Waals surface area contributed by atoms with Crippen LogP contribution in [-0.2, 0) is 6.54 Å². The minimum Gasteiger partial charge on any atom is -0.294 e. The Bertz CT molecular complexity index is 719. The molecule has 0 bridgehead atoms. The van der Waals surface area contributed by atoms with Crippen LogP contribution in [0.15, 0.2) is 42.9 Å². The summed E-state index contributed by atoms with van der Waals surface area (Å²) in [5.74, 6) is 0.762. The number of rotatable bonds is 3. The van der Waals surface area contributed by atoms with Gasteiger partial charge in [0, 0.05) is 24.2 Å². The average Bonchev–Trinajstić information content (AvgIpc) is 2.82. The van der Waals surface area contributed by atoms with E-state index in [1.54, 1.807) is 18.6 Å². The molecular formula is C12H10N6S. The summed E-state index contributed by atoms with van der Waals surface area (Å²) >= 11 is 5.25. The van der Waals surface area contributed by atoms with Crippen molar-refractivity contribution in [2.24, 2.45) is 0 Å². The quantitative estimate of drug-likeness (QED) is 0.735. The minimum atomic E-state index is 0.529. The molecule has 0 saturated heterocycles. The predicted octanol–water partition coefficient (Wildman–Crippen LogP) is 1.84. The Hall–Kier alpha value is -2.41. The summed E-state index contributed by atoms with van der Waals surface area (Å²) in [4.78, 5) is 4.00. The van der Waals surface area contributed by atoms with Crippen LogP contribution in [0.1, 0.15) is 5.69 Å². The van der Waals surface area contributed by atoms with E-state index in [1.165, 1.54) is 0 Å². The van der Waals surface area contributed by atoms with Crippen LogP contribution in [0.3, 0.4) is 0 Å². The third kappa shape index (κ3) is 2.41. The van der Waals surface area contributed by atoms with Crippen molar-refractivity contribution in [1.29, 1.82) is 0 Å². The van der Waals surface area contributed by atoms with Gasteiger partial charge in [-0.1, -0.05) is 0 Å². The Morgan fingerprint density at radius 1 is 1.16 bits per heavy atom. The largest absolute Gasteiger partial charge is 0.294 e. The monoisotopic (exact) mass is 270 g/mol. The van der Waals surface area contributed by atoms with E-state index >= 15 is 0 Å². The number of nitrogens with one attached hydrogen (secondary N) is 1. The molecule has 0 aliphatic carbocycles. The molecule has 3 heterocycles. The van der Waals surface area contributed by atoms with E-state index in [2.05, 4.69) is 25.4 Å². The first-order chi connectivity index (χ1) is 9.34. The van der Waals surface area contributed by atoms with Crippen molar-refractivity contribution in [2.45, 2.75) is 6.54 Å². The Morgan fingerprint density at radius 2 is 2.00 bits per heavy atom. The fraction of sp³-hybridized carbons (Fsp3) is 0.0833. The van der Waals surface area contributed by atoms with Crippen LogP contribution in [0.25, 0.3) is 11.4 Å². The summed E-state index contributed by atoms with van der Waals surface area (Å²) in [6.45, 7) is 0.529. The van der Waals surface area contributed by atoms with Gasteiger partial charge >= 0.3 is 0 Å². The van der Waals surface area contributed by atoms with Gasteiger partial charge in [-0.25, -0.2) is 0 Å². The Kier molecular flexibility index (Phi) is 3.11. The lowest BCUT2D eigenvalue weighted by molar-refractivity contribution is 0.747. The number of aromatic amines is 1. The van der Waals surface area contributed by atoms with Gasteiger partial charge in [0.15, 0.2) is 10.6 Å². The van der Waals surface area contributed by atoms with Crippen LogP contribution in [0.4, 0.5) is 0 Å². The summed E-state index contributed by atoms with van der Waals surface area (Å²) in [7, 11) is 0. The molecule has 3 aromatic heterocycles. The molecule has 3 rings (SSSR count). The summed E-state index contributed by atoms with van der Waals surface area (Å²) in [5.41, 5.74) is 1.78. The maximum atomic E-state index is 5.25. The van der Waals surface area contributed by atoms with Gasteiger partial charge in [-0.05, 0) is 36.5 Å². The van der Waals surface area contributed by atoms with Crippen molar-refractivity contribution in [3.63, 3.8) is 0 Å². The number of hydrogen-bond acceptors (Lipinski definition) is 5. The van der Waals surface area contributed by atoms with Crippen molar-refractivity contribution in [3.8, 4) is 11.4 Å². The van der Waals surface area contributed by atoms with Crippen molar-refractivity contribution in [1.82, 2.24) is 29.9 Å². The molecule has 0 aromatic carbocycles. The van der Waals surface area contributed by atoms with Crippen molar-refractivity contribution in [3.05, 3.63) is 53.3 Å². The Labute approximate surface area is 114 Å². The second-order valence-electron chi connectivity index (χ2n) is 3.89. The predicted molar refractivity (Wildman–Crippen MR) is 71.8 cm³/mol. The van der Waals surface area contributed by atoms with Gasteiger partial charge in [0.1, 0.15) is 0 Å². The number of pyridine rings is 1. The van der Waals surface area contributed by atoms with Crippen LogP contribution >= 0.6 is 12.2 Å². The summed E-state index contributed by atoms with van der Waals surface area (Å²) in [5, 5.41) is 15.0.